The van der Waals surface area contributed by atoms with Gasteiger partial charge in [-0.2, -0.15) is 5.10 Å². The van der Waals surface area contributed by atoms with Gasteiger partial charge in [-0.1, -0.05) is 0 Å². The van der Waals surface area contributed by atoms with Gasteiger partial charge in [0.15, 0.2) is 5.82 Å². The number of aromatic nitrogens is 5. The zero-order valence-electron chi connectivity index (χ0n) is 15.9. The van der Waals surface area contributed by atoms with Gasteiger partial charge in [0.05, 0.1) is 11.3 Å². The topological polar surface area (TPSA) is 94.8 Å². The van der Waals surface area contributed by atoms with Crippen LogP contribution < -0.4 is 10.1 Å². The quantitative estimate of drug-likeness (QED) is 0.562. The fraction of sp³-hybridized carbons (Fsp3) is 0.0952. The molecular weight excluding hydrogens is 368 g/mol. The third kappa shape index (κ3) is 4.27. The lowest BCUT2D eigenvalue weighted by Crippen LogP contribution is -2.13. The molecular formula is C21H18N6O2. The number of nitrogens with zero attached hydrogens (tertiary/aromatic N) is 5. The van der Waals surface area contributed by atoms with Gasteiger partial charge in [0.25, 0.3) is 5.91 Å². The second kappa shape index (κ2) is 7.89. The number of pyridine rings is 1. The molecule has 8 nitrogen and oxygen atoms in total. The largest absolute Gasteiger partial charge is 0.424 e. The summed E-state index contributed by atoms with van der Waals surface area (Å²) in [6.45, 7) is 3.88. The van der Waals surface area contributed by atoms with Crippen LogP contribution in [0.4, 0.5) is 5.69 Å². The third-order valence-corrected chi connectivity index (χ3v) is 4.10. The summed E-state index contributed by atoms with van der Waals surface area (Å²) in [5.41, 5.74) is 2.99. The van der Waals surface area contributed by atoms with Gasteiger partial charge in [-0.05, 0) is 62.4 Å². The Balaban J connectivity index is 1.42. The Bertz CT molecular complexity index is 1120. The van der Waals surface area contributed by atoms with Crippen molar-refractivity contribution in [3.05, 3.63) is 84.1 Å². The van der Waals surface area contributed by atoms with Crippen molar-refractivity contribution in [1.29, 1.82) is 0 Å². The standard InChI is InChI=1S/C21H18N6O2/c1-14-12-15(2)27(26-14)19-9-4-16(13-24-19)20(28)25-17-5-7-18(8-6-17)29-21-22-10-3-11-23-21/h3-13H,1-2H3,(H,25,28). The van der Waals surface area contributed by atoms with E-state index in [9.17, 15) is 4.79 Å². The van der Waals surface area contributed by atoms with E-state index in [0.717, 1.165) is 11.4 Å². The van der Waals surface area contributed by atoms with Crippen molar-refractivity contribution >= 4 is 11.6 Å². The Kier molecular flexibility index (Phi) is 4.98. The van der Waals surface area contributed by atoms with Crippen LogP contribution in [0.3, 0.4) is 0 Å². The van der Waals surface area contributed by atoms with Crippen molar-refractivity contribution in [3.8, 4) is 17.6 Å². The summed E-state index contributed by atoms with van der Waals surface area (Å²) in [6, 6.07) is 14.4. The van der Waals surface area contributed by atoms with Crippen LogP contribution in [0.25, 0.3) is 5.82 Å². The Morgan fingerprint density at radius 2 is 1.76 bits per heavy atom. The monoisotopic (exact) mass is 386 g/mol. The second-order valence-electron chi connectivity index (χ2n) is 6.36. The Morgan fingerprint density at radius 1 is 1.00 bits per heavy atom. The molecule has 1 N–H and O–H groups in total. The molecule has 0 radical (unpaired) electrons. The summed E-state index contributed by atoms with van der Waals surface area (Å²) in [4.78, 5) is 24.8. The van der Waals surface area contributed by atoms with Gasteiger partial charge in [0.2, 0.25) is 0 Å². The maximum Gasteiger partial charge on any atom is 0.321 e. The van der Waals surface area contributed by atoms with Crippen LogP contribution in [0.2, 0.25) is 0 Å². The fourth-order valence-corrected chi connectivity index (χ4v) is 2.76. The van der Waals surface area contributed by atoms with E-state index < -0.39 is 0 Å². The molecule has 0 aliphatic heterocycles. The molecule has 0 atom stereocenters. The van der Waals surface area contributed by atoms with Crippen LogP contribution in [0.15, 0.2) is 67.1 Å². The number of rotatable bonds is 5. The second-order valence-corrected chi connectivity index (χ2v) is 6.36. The normalized spacial score (nSPS) is 10.6. The number of anilines is 1. The lowest BCUT2D eigenvalue weighted by atomic mass is 10.2. The highest BCUT2D eigenvalue weighted by Gasteiger charge is 2.10. The van der Waals surface area contributed by atoms with Gasteiger partial charge in [0.1, 0.15) is 5.75 Å². The van der Waals surface area contributed by atoms with E-state index in [4.69, 9.17) is 4.74 Å². The number of amides is 1. The Labute approximate surface area is 167 Å². The van der Waals surface area contributed by atoms with E-state index in [1.807, 2.05) is 19.9 Å². The van der Waals surface area contributed by atoms with Crippen molar-refractivity contribution in [2.75, 3.05) is 5.32 Å². The summed E-state index contributed by atoms with van der Waals surface area (Å²) >= 11 is 0. The molecule has 0 bridgehead atoms. The molecule has 4 aromatic rings. The lowest BCUT2D eigenvalue weighted by molar-refractivity contribution is 0.102. The zero-order valence-corrected chi connectivity index (χ0v) is 15.9. The summed E-state index contributed by atoms with van der Waals surface area (Å²) in [5.74, 6) is 0.986. The number of benzene rings is 1. The van der Waals surface area contributed by atoms with Crippen molar-refractivity contribution in [2.45, 2.75) is 13.8 Å². The van der Waals surface area contributed by atoms with Gasteiger partial charge in [-0.3, -0.25) is 4.79 Å². The molecule has 1 aromatic carbocycles. The Hall–Kier alpha value is -4.07. The molecule has 29 heavy (non-hydrogen) atoms. The number of carbonyl (C=O) groups excluding carboxylic acids is 1. The minimum absolute atomic E-state index is 0.252. The highest BCUT2D eigenvalue weighted by atomic mass is 16.5. The van der Waals surface area contributed by atoms with Crippen molar-refractivity contribution in [2.24, 2.45) is 0 Å². The summed E-state index contributed by atoms with van der Waals surface area (Å²) in [5, 5.41) is 7.23. The van der Waals surface area contributed by atoms with Crippen molar-refractivity contribution in [3.63, 3.8) is 0 Å². The molecule has 8 heteroatoms. The molecule has 3 heterocycles. The molecule has 3 aromatic heterocycles. The molecule has 0 unspecified atom stereocenters. The van der Waals surface area contributed by atoms with E-state index in [1.165, 1.54) is 6.20 Å². The smallest absolute Gasteiger partial charge is 0.321 e. The van der Waals surface area contributed by atoms with Crippen LogP contribution in [0.1, 0.15) is 21.7 Å². The maximum absolute atomic E-state index is 12.5. The van der Waals surface area contributed by atoms with Gasteiger partial charge in [-0.15, -0.1) is 0 Å². The average molecular weight is 386 g/mol. The molecule has 0 saturated heterocycles. The molecule has 0 spiro atoms. The van der Waals surface area contributed by atoms with Crippen LogP contribution in [-0.4, -0.2) is 30.6 Å². The molecule has 0 saturated carbocycles. The predicted octanol–water partition coefficient (Wildman–Crippen LogP) is 3.72. The highest BCUT2D eigenvalue weighted by molar-refractivity contribution is 6.04. The van der Waals surface area contributed by atoms with Gasteiger partial charge in [-0.25, -0.2) is 19.6 Å². The van der Waals surface area contributed by atoms with Crippen LogP contribution in [0, 0.1) is 13.8 Å². The first-order valence-corrected chi connectivity index (χ1v) is 8.94. The summed E-state index contributed by atoms with van der Waals surface area (Å²) in [6.07, 6.45) is 4.74. The summed E-state index contributed by atoms with van der Waals surface area (Å²) in [7, 11) is 0. The number of hydrogen-bond donors (Lipinski definition) is 1. The van der Waals surface area contributed by atoms with Gasteiger partial charge < -0.3 is 10.1 Å². The lowest BCUT2D eigenvalue weighted by Gasteiger charge is -2.08. The molecule has 0 fully saturated rings. The molecule has 144 valence electrons. The minimum Gasteiger partial charge on any atom is -0.424 e. The average Bonchev–Trinajstić information content (AvgIpc) is 3.08. The SMILES string of the molecule is Cc1cc(C)n(-c2ccc(C(=O)Nc3ccc(Oc4ncccn4)cc3)cn2)n1. The number of carbonyl (C=O) groups is 1. The van der Waals surface area contributed by atoms with E-state index in [-0.39, 0.29) is 11.9 Å². The van der Waals surface area contributed by atoms with E-state index in [1.54, 1.807) is 59.5 Å². The summed E-state index contributed by atoms with van der Waals surface area (Å²) < 4.78 is 7.28. The highest BCUT2D eigenvalue weighted by Crippen LogP contribution is 2.20. The molecule has 0 aliphatic rings. The van der Waals surface area contributed by atoms with E-state index in [0.29, 0.717) is 22.8 Å². The first-order chi connectivity index (χ1) is 14.1. The molecule has 0 aliphatic carbocycles. The van der Waals surface area contributed by atoms with Crippen LogP contribution in [0.5, 0.6) is 11.8 Å². The molecule has 1 amide bonds. The predicted molar refractivity (Wildman–Crippen MR) is 107 cm³/mol. The number of nitrogens with one attached hydrogen (secondary N) is 1. The zero-order chi connectivity index (χ0) is 20.2. The Morgan fingerprint density at radius 3 is 2.38 bits per heavy atom. The first-order valence-electron chi connectivity index (χ1n) is 8.94. The van der Waals surface area contributed by atoms with Crippen molar-refractivity contribution < 1.29 is 9.53 Å². The number of hydrogen-bond acceptors (Lipinski definition) is 6. The number of ether oxygens (including phenoxy) is 1. The fourth-order valence-electron chi connectivity index (χ4n) is 2.76. The van der Waals surface area contributed by atoms with Crippen LogP contribution in [-0.2, 0) is 0 Å². The first kappa shape index (κ1) is 18.3. The number of aryl methyl sites for hydroxylation is 2. The van der Waals surface area contributed by atoms with Gasteiger partial charge >= 0.3 is 6.01 Å². The van der Waals surface area contributed by atoms with E-state index >= 15 is 0 Å². The minimum atomic E-state index is -0.252. The van der Waals surface area contributed by atoms with Crippen molar-refractivity contribution in [1.82, 2.24) is 24.7 Å². The molecule has 4 rings (SSSR count). The van der Waals surface area contributed by atoms with E-state index in [2.05, 4.69) is 25.4 Å². The maximum atomic E-state index is 12.5. The van der Waals surface area contributed by atoms with Gasteiger partial charge in [0, 0.05) is 30.0 Å². The third-order valence-electron chi connectivity index (χ3n) is 4.10. The van der Waals surface area contributed by atoms with Crippen LogP contribution >= 0.6 is 0 Å².